The van der Waals surface area contributed by atoms with E-state index in [2.05, 4.69) is 10.1 Å². The maximum absolute atomic E-state index is 13.1. The van der Waals surface area contributed by atoms with Crippen LogP contribution < -0.4 is 9.64 Å². The van der Waals surface area contributed by atoms with Gasteiger partial charge in [0.1, 0.15) is 12.4 Å². The number of benzene rings is 1. The van der Waals surface area contributed by atoms with Crippen LogP contribution in [0.5, 0.6) is 5.75 Å². The number of carbonyl (C=O) groups is 1. The molecule has 1 amide bonds. The first-order valence-corrected chi connectivity index (χ1v) is 8.46. The van der Waals surface area contributed by atoms with Crippen molar-refractivity contribution in [3.8, 4) is 11.4 Å². The van der Waals surface area contributed by atoms with Crippen LogP contribution in [-0.2, 0) is 0 Å². The van der Waals surface area contributed by atoms with Crippen LogP contribution >= 0.6 is 0 Å². The fourth-order valence-electron chi connectivity index (χ4n) is 2.56. The lowest BCUT2D eigenvalue weighted by atomic mass is 10.3. The van der Waals surface area contributed by atoms with E-state index in [-0.39, 0.29) is 23.9 Å². The van der Waals surface area contributed by atoms with Crippen molar-refractivity contribution in [2.45, 2.75) is 13.1 Å². The number of hydrogen-bond donors (Lipinski definition) is 0. The number of alkyl halides is 3. The second-order valence-electron chi connectivity index (χ2n) is 5.75. The first kappa shape index (κ1) is 19.4. The van der Waals surface area contributed by atoms with Crippen LogP contribution in [0.3, 0.4) is 0 Å². The standard InChI is InChI=1S/C19H17F3N4O2/c1-2-28-15-12-26(14-8-4-3-5-9-14)24-17(15)18(27)25(13-19(20,21)22)16-10-6-7-11-23-16/h3-12H,2,13H2,1H3. The largest absolute Gasteiger partial charge is 0.490 e. The highest BCUT2D eigenvalue weighted by Gasteiger charge is 2.36. The van der Waals surface area contributed by atoms with Gasteiger partial charge >= 0.3 is 6.18 Å². The Morgan fingerprint density at radius 1 is 1.14 bits per heavy atom. The number of ether oxygens (including phenoxy) is 1. The van der Waals surface area contributed by atoms with E-state index in [1.54, 1.807) is 37.3 Å². The zero-order valence-corrected chi connectivity index (χ0v) is 14.9. The van der Waals surface area contributed by atoms with E-state index >= 15 is 0 Å². The van der Waals surface area contributed by atoms with Crippen molar-refractivity contribution in [3.63, 3.8) is 0 Å². The number of aromatic nitrogens is 3. The van der Waals surface area contributed by atoms with Crippen LogP contribution in [0.4, 0.5) is 19.0 Å². The lowest BCUT2D eigenvalue weighted by molar-refractivity contribution is -0.118. The summed E-state index contributed by atoms with van der Waals surface area (Å²) in [6.45, 7) is 0.441. The maximum atomic E-state index is 13.1. The third-order valence-corrected chi connectivity index (χ3v) is 3.71. The summed E-state index contributed by atoms with van der Waals surface area (Å²) >= 11 is 0. The molecule has 6 nitrogen and oxygen atoms in total. The molecule has 0 radical (unpaired) electrons. The van der Waals surface area contributed by atoms with E-state index in [9.17, 15) is 18.0 Å². The molecule has 0 aliphatic rings. The molecule has 0 N–H and O–H groups in total. The number of carbonyl (C=O) groups excluding carboxylic acids is 1. The van der Waals surface area contributed by atoms with Gasteiger partial charge in [0, 0.05) is 6.20 Å². The van der Waals surface area contributed by atoms with Crippen LogP contribution in [0.15, 0.2) is 60.9 Å². The van der Waals surface area contributed by atoms with E-state index in [4.69, 9.17) is 4.74 Å². The van der Waals surface area contributed by atoms with Gasteiger partial charge < -0.3 is 4.74 Å². The number of para-hydroxylation sites is 1. The van der Waals surface area contributed by atoms with Crippen molar-refractivity contribution in [3.05, 3.63) is 66.6 Å². The molecule has 146 valence electrons. The van der Waals surface area contributed by atoms with Crippen LogP contribution in [0, 0.1) is 0 Å². The Hall–Kier alpha value is -3.36. The fourth-order valence-corrected chi connectivity index (χ4v) is 2.56. The molecule has 0 atom stereocenters. The minimum absolute atomic E-state index is 0.0967. The number of hydrogen-bond acceptors (Lipinski definition) is 4. The van der Waals surface area contributed by atoms with E-state index in [0.717, 1.165) is 0 Å². The average molecular weight is 390 g/mol. The second-order valence-corrected chi connectivity index (χ2v) is 5.75. The van der Waals surface area contributed by atoms with Gasteiger partial charge in [-0.2, -0.15) is 18.3 Å². The smallest absolute Gasteiger partial charge is 0.406 e. The monoisotopic (exact) mass is 390 g/mol. The topological polar surface area (TPSA) is 60.3 Å². The third-order valence-electron chi connectivity index (χ3n) is 3.71. The first-order chi connectivity index (χ1) is 13.4. The highest BCUT2D eigenvalue weighted by molar-refractivity contribution is 6.06. The summed E-state index contributed by atoms with van der Waals surface area (Å²) < 4.78 is 46.2. The predicted octanol–water partition coefficient (Wildman–Crippen LogP) is 3.88. The Labute approximate surface area is 159 Å². The molecule has 9 heteroatoms. The number of amides is 1. The quantitative estimate of drug-likeness (QED) is 0.641. The van der Waals surface area contributed by atoms with Crippen molar-refractivity contribution in [1.29, 1.82) is 0 Å². The van der Waals surface area contributed by atoms with E-state index in [1.807, 2.05) is 6.07 Å². The Morgan fingerprint density at radius 3 is 2.46 bits per heavy atom. The lowest BCUT2D eigenvalue weighted by Crippen LogP contribution is -2.40. The van der Waals surface area contributed by atoms with Gasteiger partial charge in [0.15, 0.2) is 11.4 Å². The Balaban J connectivity index is 2.03. The summed E-state index contributed by atoms with van der Waals surface area (Å²) in [4.78, 5) is 17.4. The van der Waals surface area contributed by atoms with Gasteiger partial charge in [0.05, 0.1) is 18.5 Å². The number of nitrogens with zero attached hydrogens (tertiary/aromatic N) is 4. The van der Waals surface area contributed by atoms with E-state index < -0.39 is 18.6 Å². The predicted molar refractivity (Wildman–Crippen MR) is 96.7 cm³/mol. The maximum Gasteiger partial charge on any atom is 0.406 e. The van der Waals surface area contributed by atoms with Crippen molar-refractivity contribution in [2.24, 2.45) is 0 Å². The Morgan fingerprint density at radius 2 is 1.86 bits per heavy atom. The molecule has 0 unspecified atom stereocenters. The van der Waals surface area contributed by atoms with Gasteiger partial charge in [-0.3, -0.25) is 9.69 Å². The van der Waals surface area contributed by atoms with Gasteiger partial charge in [-0.25, -0.2) is 9.67 Å². The average Bonchev–Trinajstić information content (AvgIpc) is 3.11. The molecular weight excluding hydrogens is 373 g/mol. The minimum Gasteiger partial charge on any atom is -0.490 e. The minimum atomic E-state index is -4.61. The van der Waals surface area contributed by atoms with Crippen LogP contribution in [0.25, 0.3) is 5.69 Å². The number of anilines is 1. The molecule has 2 aromatic heterocycles. The van der Waals surface area contributed by atoms with E-state index in [0.29, 0.717) is 10.6 Å². The van der Waals surface area contributed by atoms with Crippen molar-refractivity contribution < 1.29 is 22.7 Å². The van der Waals surface area contributed by atoms with Gasteiger partial charge in [-0.05, 0) is 31.2 Å². The normalized spacial score (nSPS) is 11.3. The fraction of sp³-hybridized carbons (Fsp3) is 0.211. The zero-order valence-electron chi connectivity index (χ0n) is 14.9. The summed E-state index contributed by atoms with van der Waals surface area (Å²) in [5.74, 6) is -0.977. The summed E-state index contributed by atoms with van der Waals surface area (Å²) in [5.41, 5.74) is 0.420. The molecule has 1 aromatic carbocycles. The molecule has 3 aromatic rings. The van der Waals surface area contributed by atoms with Crippen LogP contribution in [-0.4, -0.2) is 40.0 Å². The highest BCUT2D eigenvalue weighted by atomic mass is 19.4. The molecule has 0 spiro atoms. The molecule has 0 fully saturated rings. The van der Waals surface area contributed by atoms with Gasteiger partial charge in [0.25, 0.3) is 5.91 Å². The third kappa shape index (κ3) is 4.48. The van der Waals surface area contributed by atoms with Crippen LogP contribution in [0.1, 0.15) is 17.4 Å². The number of halogens is 3. The van der Waals surface area contributed by atoms with Gasteiger partial charge in [0.2, 0.25) is 0 Å². The molecule has 28 heavy (non-hydrogen) atoms. The molecule has 0 saturated heterocycles. The SMILES string of the molecule is CCOc1cn(-c2ccccc2)nc1C(=O)N(CC(F)(F)F)c1ccccn1. The number of pyridine rings is 1. The summed E-state index contributed by atoms with van der Waals surface area (Å²) in [6.07, 6.45) is -1.82. The second kappa shape index (κ2) is 8.12. The van der Waals surface area contributed by atoms with E-state index in [1.165, 1.54) is 29.2 Å². The molecule has 2 heterocycles. The Bertz CT molecular complexity index is 927. The highest BCUT2D eigenvalue weighted by Crippen LogP contribution is 2.26. The van der Waals surface area contributed by atoms with Crippen molar-refractivity contribution in [1.82, 2.24) is 14.8 Å². The first-order valence-electron chi connectivity index (χ1n) is 8.46. The number of rotatable bonds is 6. The molecule has 0 aliphatic carbocycles. The van der Waals surface area contributed by atoms with Crippen LogP contribution in [0.2, 0.25) is 0 Å². The molecule has 0 bridgehead atoms. The summed E-state index contributed by atoms with van der Waals surface area (Å²) in [7, 11) is 0. The summed E-state index contributed by atoms with van der Waals surface area (Å²) in [5, 5.41) is 4.18. The van der Waals surface area contributed by atoms with Gasteiger partial charge in [-0.1, -0.05) is 24.3 Å². The van der Waals surface area contributed by atoms with Gasteiger partial charge in [-0.15, -0.1) is 0 Å². The molecule has 0 aliphatic heterocycles. The zero-order chi connectivity index (χ0) is 20.1. The molecule has 0 saturated carbocycles. The van der Waals surface area contributed by atoms with Crippen molar-refractivity contribution >= 4 is 11.7 Å². The molecule has 3 rings (SSSR count). The summed E-state index contributed by atoms with van der Waals surface area (Å²) in [6, 6.07) is 13.3. The Kier molecular flexibility index (Phi) is 5.62. The lowest BCUT2D eigenvalue weighted by Gasteiger charge is -2.22. The molecular formula is C19H17F3N4O2. The van der Waals surface area contributed by atoms with Crippen molar-refractivity contribution in [2.75, 3.05) is 18.1 Å².